The van der Waals surface area contributed by atoms with Crippen LogP contribution in [-0.4, -0.2) is 23.9 Å². The van der Waals surface area contributed by atoms with Crippen molar-refractivity contribution in [1.29, 1.82) is 0 Å². The molecule has 3 nitrogen and oxygen atoms in total. The van der Waals surface area contributed by atoms with Crippen molar-refractivity contribution in [3.8, 4) is 0 Å². The van der Waals surface area contributed by atoms with Gasteiger partial charge in [-0.05, 0) is 19.3 Å². The first-order chi connectivity index (χ1) is 6.66. The molecular formula is C10H14FNO2. The summed E-state index contributed by atoms with van der Waals surface area (Å²) in [7, 11) is 0. The monoisotopic (exact) mass is 199 g/mol. The maximum absolute atomic E-state index is 13.1. The maximum atomic E-state index is 13.1. The number of hydrogen-bond acceptors (Lipinski definition) is 2. The van der Waals surface area contributed by atoms with Gasteiger partial charge >= 0.3 is 0 Å². The van der Waals surface area contributed by atoms with Crippen molar-refractivity contribution >= 4 is 11.7 Å². The van der Waals surface area contributed by atoms with Crippen LogP contribution in [-0.2, 0) is 9.59 Å². The fourth-order valence-electron chi connectivity index (χ4n) is 2.05. The number of rotatable bonds is 2. The summed E-state index contributed by atoms with van der Waals surface area (Å²) in [5.74, 6) is -0.192. The normalized spacial score (nSPS) is 32.8. The summed E-state index contributed by atoms with van der Waals surface area (Å²) in [5.41, 5.74) is 0. The molecule has 2 fully saturated rings. The number of Topliss-reactive ketones (excluding diaryl/α,β-unsaturated/α-hetero) is 1. The lowest BCUT2D eigenvalue weighted by atomic mass is 9.83. The molecule has 0 spiro atoms. The lowest BCUT2D eigenvalue weighted by molar-refractivity contribution is -0.138. The van der Waals surface area contributed by atoms with E-state index in [0.717, 1.165) is 12.8 Å². The van der Waals surface area contributed by atoms with Gasteiger partial charge in [-0.2, -0.15) is 0 Å². The predicted octanol–water partition coefficient (Wildman–Crippen LogP) is 0.972. The number of hydrogen-bond donors (Lipinski definition) is 1. The molecule has 0 radical (unpaired) electrons. The van der Waals surface area contributed by atoms with Crippen molar-refractivity contribution in [1.82, 2.24) is 5.32 Å². The number of alkyl halides is 1. The minimum atomic E-state index is -0.894. The molecule has 14 heavy (non-hydrogen) atoms. The quantitative estimate of drug-likeness (QED) is 0.720. The van der Waals surface area contributed by atoms with E-state index in [9.17, 15) is 14.0 Å². The Morgan fingerprint density at radius 2 is 2.07 bits per heavy atom. The van der Waals surface area contributed by atoms with E-state index < -0.39 is 6.17 Å². The van der Waals surface area contributed by atoms with Gasteiger partial charge in [0, 0.05) is 12.8 Å². The molecule has 2 rings (SSSR count). The van der Waals surface area contributed by atoms with Crippen LogP contribution in [0, 0.1) is 5.92 Å². The molecule has 0 aromatic carbocycles. The summed E-state index contributed by atoms with van der Waals surface area (Å²) >= 11 is 0. The van der Waals surface area contributed by atoms with E-state index in [1.165, 1.54) is 0 Å². The highest BCUT2D eigenvalue weighted by molar-refractivity contribution is 5.96. The maximum Gasteiger partial charge on any atom is 0.224 e. The number of nitrogens with one attached hydrogen (secondary N) is 1. The lowest BCUT2D eigenvalue weighted by Crippen LogP contribution is -2.45. The molecule has 0 heterocycles. The molecule has 2 aliphatic rings. The van der Waals surface area contributed by atoms with E-state index in [0.29, 0.717) is 19.3 Å². The van der Waals surface area contributed by atoms with Gasteiger partial charge in [0.1, 0.15) is 12.0 Å². The van der Waals surface area contributed by atoms with E-state index in [4.69, 9.17) is 0 Å². The summed E-state index contributed by atoms with van der Waals surface area (Å²) < 4.78 is 13.1. The summed E-state index contributed by atoms with van der Waals surface area (Å²) in [5, 5.41) is 2.68. The minimum absolute atomic E-state index is 0.133. The Bertz CT molecular complexity index is 259. The van der Waals surface area contributed by atoms with Crippen molar-refractivity contribution in [2.75, 3.05) is 0 Å². The Labute approximate surface area is 82.1 Å². The molecule has 2 unspecified atom stereocenters. The number of amides is 1. The molecule has 1 N–H and O–H groups in total. The third-order valence-corrected chi connectivity index (χ3v) is 3.08. The van der Waals surface area contributed by atoms with Crippen molar-refractivity contribution in [3.63, 3.8) is 0 Å². The Morgan fingerprint density at radius 1 is 1.36 bits per heavy atom. The Morgan fingerprint density at radius 3 is 2.57 bits per heavy atom. The third kappa shape index (κ3) is 1.79. The second-order valence-electron chi connectivity index (χ2n) is 4.21. The first-order valence-electron chi connectivity index (χ1n) is 5.13. The third-order valence-electron chi connectivity index (χ3n) is 3.08. The van der Waals surface area contributed by atoms with Crippen molar-refractivity contribution in [3.05, 3.63) is 0 Å². The van der Waals surface area contributed by atoms with Gasteiger partial charge in [0.15, 0.2) is 0 Å². The molecule has 0 bridgehead atoms. The van der Waals surface area contributed by atoms with Crippen LogP contribution in [0.1, 0.15) is 32.1 Å². The van der Waals surface area contributed by atoms with Gasteiger partial charge in [-0.3, -0.25) is 9.59 Å². The van der Waals surface area contributed by atoms with Gasteiger partial charge < -0.3 is 5.32 Å². The summed E-state index contributed by atoms with van der Waals surface area (Å²) in [6.45, 7) is 0. The van der Waals surface area contributed by atoms with E-state index in [1.54, 1.807) is 0 Å². The second kappa shape index (κ2) is 3.67. The molecular weight excluding hydrogens is 185 g/mol. The van der Waals surface area contributed by atoms with Crippen LogP contribution in [0.3, 0.4) is 0 Å². The van der Waals surface area contributed by atoms with Gasteiger partial charge in [0.25, 0.3) is 0 Å². The molecule has 2 atom stereocenters. The molecule has 0 saturated heterocycles. The Kier molecular flexibility index (Phi) is 2.52. The molecule has 2 saturated carbocycles. The van der Waals surface area contributed by atoms with Crippen LogP contribution in [0.4, 0.5) is 4.39 Å². The first kappa shape index (κ1) is 9.62. The summed E-state index contributed by atoms with van der Waals surface area (Å²) in [6, 6.07) is -0.307. The van der Waals surface area contributed by atoms with Crippen LogP contribution in [0.25, 0.3) is 0 Å². The van der Waals surface area contributed by atoms with Crippen molar-refractivity contribution in [2.45, 2.75) is 44.3 Å². The van der Waals surface area contributed by atoms with Crippen LogP contribution < -0.4 is 5.32 Å². The highest BCUT2D eigenvalue weighted by Crippen LogP contribution is 2.26. The van der Waals surface area contributed by atoms with E-state index in [2.05, 4.69) is 5.32 Å². The fraction of sp³-hybridized carbons (Fsp3) is 0.800. The van der Waals surface area contributed by atoms with Crippen LogP contribution in [0.5, 0.6) is 0 Å². The highest BCUT2D eigenvalue weighted by Gasteiger charge is 2.36. The molecule has 0 aromatic rings. The van der Waals surface area contributed by atoms with Gasteiger partial charge in [-0.1, -0.05) is 0 Å². The molecule has 1 amide bonds. The van der Waals surface area contributed by atoms with Crippen molar-refractivity contribution < 1.29 is 14.0 Å². The van der Waals surface area contributed by atoms with Crippen LogP contribution in [0.15, 0.2) is 0 Å². The minimum Gasteiger partial charge on any atom is -0.350 e. The number of halogens is 1. The zero-order valence-corrected chi connectivity index (χ0v) is 7.96. The second-order valence-corrected chi connectivity index (χ2v) is 4.21. The fourth-order valence-corrected chi connectivity index (χ4v) is 2.05. The molecule has 0 aliphatic heterocycles. The van der Waals surface area contributed by atoms with Gasteiger partial charge in [-0.15, -0.1) is 0 Å². The highest BCUT2D eigenvalue weighted by atomic mass is 19.1. The van der Waals surface area contributed by atoms with Crippen LogP contribution in [0.2, 0.25) is 0 Å². The number of ketones is 1. The predicted molar refractivity (Wildman–Crippen MR) is 48.4 cm³/mol. The Hall–Kier alpha value is -0.930. The number of carbonyl (C=O) groups excluding carboxylic acids is 2. The average molecular weight is 199 g/mol. The average Bonchev–Trinajstić information content (AvgIpc) is 2.46. The standard InChI is InChI=1S/C10H14FNO2/c11-8-2-1-3-9(8)12-10(14)6-4-7(13)5-6/h6,8-9H,1-5H2,(H,12,14). The summed E-state index contributed by atoms with van der Waals surface area (Å²) in [4.78, 5) is 22.1. The van der Waals surface area contributed by atoms with E-state index in [1.807, 2.05) is 0 Å². The molecule has 78 valence electrons. The first-order valence-corrected chi connectivity index (χ1v) is 5.13. The summed E-state index contributed by atoms with van der Waals surface area (Å²) in [6.07, 6.45) is 1.91. The Balaban J connectivity index is 1.79. The van der Waals surface area contributed by atoms with E-state index in [-0.39, 0.29) is 23.7 Å². The van der Waals surface area contributed by atoms with Crippen molar-refractivity contribution in [2.24, 2.45) is 5.92 Å². The molecule has 2 aliphatic carbocycles. The van der Waals surface area contributed by atoms with Gasteiger partial charge in [0.2, 0.25) is 5.91 Å². The largest absolute Gasteiger partial charge is 0.350 e. The van der Waals surface area contributed by atoms with E-state index >= 15 is 0 Å². The smallest absolute Gasteiger partial charge is 0.224 e. The molecule has 4 heteroatoms. The van der Waals surface area contributed by atoms with Gasteiger partial charge in [0.05, 0.1) is 12.0 Å². The SMILES string of the molecule is O=C1CC(C(=O)NC2CCCC2F)C1. The zero-order chi connectivity index (χ0) is 10.1. The topological polar surface area (TPSA) is 46.2 Å². The number of carbonyl (C=O) groups is 2. The zero-order valence-electron chi connectivity index (χ0n) is 7.96. The molecule has 0 aromatic heterocycles. The van der Waals surface area contributed by atoms with Gasteiger partial charge in [-0.25, -0.2) is 4.39 Å². The lowest BCUT2D eigenvalue weighted by Gasteiger charge is -2.25. The van der Waals surface area contributed by atoms with Crippen LogP contribution >= 0.6 is 0 Å².